The number of amides is 1. The van der Waals surface area contributed by atoms with E-state index in [1.165, 1.54) is 0 Å². The van der Waals surface area contributed by atoms with Crippen molar-refractivity contribution in [2.45, 2.75) is 12.7 Å². The number of nitrogens with zero attached hydrogens (tertiary/aromatic N) is 2. The molecule has 134 valence electrons. The van der Waals surface area contributed by atoms with Gasteiger partial charge in [0.15, 0.2) is 5.69 Å². The van der Waals surface area contributed by atoms with Crippen LogP contribution >= 0.6 is 0 Å². The Balaban J connectivity index is 2.04. The van der Waals surface area contributed by atoms with Gasteiger partial charge in [-0.1, -0.05) is 30.3 Å². The Morgan fingerprint density at radius 3 is 2.38 bits per heavy atom. The van der Waals surface area contributed by atoms with E-state index in [9.17, 15) is 13.2 Å². The van der Waals surface area contributed by atoms with Gasteiger partial charge in [0.25, 0.3) is 5.91 Å². The number of primary amides is 1. The average Bonchev–Trinajstić information content (AvgIpc) is 2.61. The number of benzene rings is 2. The predicted octanol–water partition coefficient (Wildman–Crippen LogP) is 1.94. The molecule has 26 heavy (non-hydrogen) atoms. The van der Waals surface area contributed by atoms with Gasteiger partial charge in [0.05, 0.1) is 17.0 Å². The topological polar surface area (TPSA) is 115 Å². The fourth-order valence-corrected chi connectivity index (χ4v) is 3.28. The fourth-order valence-electron chi connectivity index (χ4n) is 2.77. The van der Waals surface area contributed by atoms with Crippen LogP contribution in [0.15, 0.2) is 42.5 Å². The number of thiol groups is 1. The van der Waals surface area contributed by atoms with Crippen LogP contribution in [0, 0.1) is 0 Å². The van der Waals surface area contributed by atoms with Gasteiger partial charge in [-0.2, -0.15) is 0 Å². The van der Waals surface area contributed by atoms with Crippen molar-refractivity contribution in [1.82, 2.24) is 10.2 Å². The molecule has 2 aromatic carbocycles. The summed E-state index contributed by atoms with van der Waals surface area (Å²) in [5.74, 6) is -0.604. The van der Waals surface area contributed by atoms with E-state index in [4.69, 9.17) is 5.73 Å². The van der Waals surface area contributed by atoms with E-state index in [1.807, 2.05) is 37.3 Å². The normalized spacial score (nSPS) is 11.0. The molecule has 0 bridgehead atoms. The van der Waals surface area contributed by atoms with Crippen LogP contribution in [0.3, 0.4) is 0 Å². The van der Waals surface area contributed by atoms with Crippen molar-refractivity contribution in [1.29, 1.82) is 0 Å². The van der Waals surface area contributed by atoms with Crippen LogP contribution in [-0.4, -0.2) is 31.1 Å². The number of nitrogens with two attached hydrogens (primary N) is 1. The van der Waals surface area contributed by atoms with Gasteiger partial charge in [-0.3, -0.25) is 4.79 Å². The van der Waals surface area contributed by atoms with Gasteiger partial charge in [0, 0.05) is 11.9 Å². The predicted molar refractivity (Wildman–Crippen MR) is 102 cm³/mol. The van der Waals surface area contributed by atoms with Crippen LogP contribution in [0.1, 0.15) is 23.0 Å². The first-order valence-corrected chi connectivity index (χ1v) is 9.41. The van der Waals surface area contributed by atoms with Gasteiger partial charge in [-0.05, 0) is 35.7 Å². The summed E-state index contributed by atoms with van der Waals surface area (Å²) in [5, 5.41) is 12.0. The summed E-state index contributed by atoms with van der Waals surface area (Å²) < 4.78 is 21.6. The average molecular weight is 370 g/mol. The molecule has 3 aromatic rings. The van der Waals surface area contributed by atoms with Crippen molar-refractivity contribution in [3.05, 3.63) is 53.7 Å². The molecule has 0 saturated heterocycles. The van der Waals surface area contributed by atoms with Gasteiger partial charge in [0.1, 0.15) is 10.7 Å². The zero-order valence-electron chi connectivity index (χ0n) is 14.1. The molecule has 0 saturated carbocycles. The zero-order chi connectivity index (χ0) is 18.7. The molecule has 0 aliphatic carbocycles. The molecule has 0 unspecified atom stereocenters. The third-order valence-corrected chi connectivity index (χ3v) is 4.57. The number of aromatic nitrogens is 2. The third kappa shape index (κ3) is 3.65. The molecule has 7 nitrogen and oxygen atoms in total. The van der Waals surface area contributed by atoms with E-state index in [-0.39, 0.29) is 11.4 Å². The Morgan fingerprint density at radius 1 is 1.08 bits per heavy atom. The maximum atomic E-state index is 11.6. The molecule has 3 rings (SSSR count). The highest BCUT2D eigenvalue weighted by molar-refractivity contribution is 7.71. The molecule has 1 amide bonds. The van der Waals surface area contributed by atoms with Gasteiger partial charge >= 0.3 is 0 Å². The molecular weight excluding hydrogens is 352 g/mol. The van der Waals surface area contributed by atoms with Gasteiger partial charge in [-0.15, -0.1) is 10.2 Å². The molecule has 1 heterocycles. The highest BCUT2D eigenvalue weighted by Gasteiger charge is 2.15. The summed E-state index contributed by atoms with van der Waals surface area (Å²) in [6, 6.07) is 13.0. The molecule has 8 heteroatoms. The van der Waals surface area contributed by atoms with Gasteiger partial charge < -0.3 is 11.1 Å². The minimum atomic E-state index is -2.44. The number of anilines is 1. The van der Waals surface area contributed by atoms with Crippen molar-refractivity contribution >= 4 is 33.2 Å². The Labute approximate surface area is 152 Å². The lowest BCUT2D eigenvalue weighted by atomic mass is 10.0. The fraction of sp³-hybridized carbons (Fsp3) is 0.167. The molecule has 3 N–H and O–H groups in total. The monoisotopic (exact) mass is 370 g/mol. The van der Waals surface area contributed by atoms with Crippen LogP contribution in [-0.2, 0) is 16.5 Å². The molecule has 1 aromatic heterocycles. The lowest BCUT2D eigenvalue weighted by Crippen LogP contribution is -2.17. The smallest absolute Gasteiger partial charge is 0.271 e. The molecule has 0 atom stereocenters. The second kappa shape index (κ2) is 7.49. The molecular formula is C18H18N4O3S. The Kier molecular flexibility index (Phi) is 5.13. The van der Waals surface area contributed by atoms with Crippen molar-refractivity contribution in [3.63, 3.8) is 0 Å². The Bertz CT molecular complexity index is 1040. The van der Waals surface area contributed by atoms with Gasteiger partial charge in [-0.25, -0.2) is 8.42 Å². The van der Waals surface area contributed by atoms with E-state index < -0.39 is 16.6 Å². The molecule has 0 fully saturated rings. The SMILES string of the molecule is CCNc1c(C(N)=O)nnc2cc(-c3ccc(C[SH](=O)=O)cc3)ccc12. The third-order valence-electron chi connectivity index (χ3n) is 3.95. The quantitative estimate of drug-likeness (QED) is 0.571. The van der Waals surface area contributed by atoms with E-state index in [0.29, 0.717) is 17.7 Å². The molecule has 0 radical (unpaired) electrons. The molecule has 0 aliphatic heterocycles. The van der Waals surface area contributed by atoms with Crippen molar-refractivity contribution in [2.75, 3.05) is 11.9 Å². The minimum absolute atomic E-state index is 0.0285. The second-order valence-corrected chi connectivity index (χ2v) is 6.72. The summed E-state index contributed by atoms with van der Waals surface area (Å²) in [7, 11) is -2.44. The van der Waals surface area contributed by atoms with Crippen LogP contribution in [0.2, 0.25) is 0 Å². The number of fused-ring (bicyclic) bond motifs is 1. The highest BCUT2D eigenvalue weighted by Crippen LogP contribution is 2.29. The highest BCUT2D eigenvalue weighted by atomic mass is 32.2. The van der Waals surface area contributed by atoms with Crippen LogP contribution in [0.4, 0.5) is 5.69 Å². The first kappa shape index (κ1) is 17.8. The van der Waals surface area contributed by atoms with Crippen molar-refractivity contribution in [3.8, 4) is 11.1 Å². The maximum absolute atomic E-state index is 11.6. The van der Waals surface area contributed by atoms with E-state index in [1.54, 1.807) is 12.1 Å². The number of carbonyl (C=O) groups is 1. The van der Waals surface area contributed by atoms with E-state index in [2.05, 4.69) is 15.5 Å². The van der Waals surface area contributed by atoms with Crippen molar-refractivity contribution < 1.29 is 13.2 Å². The lowest BCUT2D eigenvalue weighted by molar-refractivity contribution is 0.0995. The Morgan fingerprint density at radius 2 is 1.77 bits per heavy atom. The number of hydrogen-bond donors (Lipinski definition) is 3. The number of rotatable bonds is 6. The summed E-state index contributed by atoms with van der Waals surface area (Å²) >= 11 is 0. The lowest BCUT2D eigenvalue weighted by Gasteiger charge is -2.11. The minimum Gasteiger partial charge on any atom is -0.383 e. The molecule has 0 aliphatic rings. The largest absolute Gasteiger partial charge is 0.383 e. The second-order valence-electron chi connectivity index (χ2n) is 5.74. The van der Waals surface area contributed by atoms with Crippen LogP contribution < -0.4 is 11.1 Å². The molecule has 0 spiro atoms. The summed E-state index contributed by atoms with van der Waals surface area (Å²) in [6.07, 6.45) is 0. The standard InChI is InChI=1S/C18H18N4O3S/c1-2-20-16-14-8-7-13(9-15(14)21-22-17(16)18(19)23)12-5-3-11(4-6-12)10-26(24)25/h3-9,26H,2,10H2,1H3,(H2,19,23)(H,20,21). The van der Waals surface area contributed by atoms with E-state index in [0.717, 1.165) is 22.1 Å². The van der Waals surface area contributed by atoms with Crippen LogP contribution in [0.25, 0.3) is 22.0 Å². The first-order valence-electron chi connectivity index (χ1n) is 8.05. The summed E-state index contributed by atoms with van der Waals surface area (Å²) in [4.78, 5) is 11.6. The Hall–Kier alpha value is -3.00. The number of hydrogen-bond acceptors (Lipinski definition) is 6. The number of carbonyl (C=O) groups excluding carboxylic acids is 1. The first-order chi connectivity index (χ1) is 12.5. The van der Waals surface area contributed by atoms with E-state index >= 15 is 0 Å². The van der Waals surface area contributed by atoms with Crippen molar-refractivity contribution in [2.24, 2.45) is 5.73 Å². The van der Waals surface area contributed by atoms with Crippen LogP contribution in [0.5, 0.6) is 0 Å². The summed E-state index contributed by atoms with van der Waals surface area (Å²) in [6.45, 7) is 2.54. The zero-order valence-corrected chi connectivity index (χ0v) is 15.0. The summed E-state index contributed by atoms with van der Waals surface area (Å²) in [5.41, 5.74) is 9.29. The van der Waals surface area contributed by atoms with Gasteiger partial charge in [0.2, 0.25) is 0 Å². The number of nitrogens with one attached hydrogen (secondary N) is 1. The maximum Gasteiger partial charge on any atom is 0.271 e.